The summed E-state index contributed by atoms with van der Waals surface area (Å²) in [6.07, 6.45) is 3.81. The third-order valence-electron chi connectivity index (χ3n) is 5.39. The molecule has 4 rings (SSSR count). The molecule has 0 unspecified atom stereocenters. The molecule has 0 aliphatic carbocycles. The zero-order chi connectivity index (χ0) is 19.7. The Labute approximate surface area is 168 Å². The number of hydrogen-bond donors (Lipinski definition) is 2. The van der Waals surface area contributed by atoms with E-state index in [0.29, 0.717) is 11.7 Å². The van der Waals surface area contributed by atoms with Gasteiger partial charge in [0.15, 0.2) is 0 Å². The van der Waals surface area contributed by atoms with Crippen LogP contribution in [-0.4, -0.2) is 39.0 Å². The summed E-state index contributed by atoms with van der Waals surface area (Å²) < 4.78 is 1.77. The Kier molecular flexibility index (Phi) is 4.99. The Bertz CT molecular complexity index is 964. The van der Waals surface area contributed by atoms with Crippen molar-refractivity contribution in [2.24, 2.45) is 13.0 Å². The molecule has 146 valence electrons. The molecule has 28 heavy (non-hydrogen) atoms. The Hall–Kier alpha value is -2.58. The third kappa shape index (κ3) is 3.57. The highest BCUT2D eigenvalue weighted by Gasteiger charge is 2.35. The van der Waals surface area contributed by atoms with E-state index in [0.717, 1.165) is 17.1 Å². The number of carbonyl (C=O) groups excluding carboxylic acids is 1. The molecule has 1 aliphatic rings. The van der Waals surface area contributed by atoms with Gasteiger partial charge in [-0.2, -0.15) is 5.10 Å². The van der Waals surface area contributed by atoms with E-state index in [1.165, 1.54) is 16.9 Å². The van der Waals surface area contributed by atoms with Crippen molar-refractivity contribution in [1.82, 2.24) is 25.3 Å². The van der Waals surface area contributed by atoms with Crippen molar-refractivity contribution >= 4 is 22.4 Å². The number of aromatic nitrogens is 4. The molecule has 3 heterocycles. The molecule has 1 saturated heterocycles. The first-order valence-corrected chi connectivity index (χ1v) is 10.2. The Morgan fingerprint density at radius 3 is 2.75 bits per heavy atom. The molecule has 8 heteroatoms. The molecule has 0 spiro atoms. The largest absolute Gasteiger partial charge is 0.315 e. The van der Waals surface area contributed by atoms with Gasteiger partial charge in [-0.25, -0.2) is 0 Å². The Morgan fingerprint density at radius 2 is 2.04 bits per heavy atom. The summed E-state index contributed by atoms with van der Waals surface area (Å²) in [5, 5.41) is 20.5. The van der Waals surface area contributed by atoms with Gasteiger partial charge in [0.05, 0.1) is 12.1 Å². The number of rotatable bonds is 5. The predicted molar refractivity (Wildman–Crippen MR) is 109 cm³/mol. The van der Waals surface area contributed by atoms with Crippen LogP contribution < -0.4 is 10.6 Å². The molecule has 1 fully saturated rings. The number of aryl methyl sites for hydroxylation is 1. The van der Waals surface area contributed by atoms with E-state index in [1.54, 1.807) is 4.68 Å². The lowest BCUT2D eigenvalue weighted by Crippen LogP contribution is -2.28. The summed E-state index contributed by atoms with van der Waals surface area (Å²) in [7, 11) is 1.89. The van der Waals surface area contributed by atoms with Crippen LogP contribution in [0.1, 0.15) is 35.9 Å². The van der Waals surface area contributed by atoms with Gasteiger partial charge < -0.3 is 10.6 Å². The van der Waals surface area contributed by atoms with Gasteiger partial charge in [-0.1, -0.05) is 41.7 Å². The van der Waals surface area contributed by atoms with Gasteiger partial charge >= 0.3 is 0 Å². The summed E-state index contributed by atoms with van der Waals surface area (Å²) >= 11 is 1.43. The van der Waals surface area contributed by atoms with Crippen molar-refractivity contribution in [2.75, 3.05) is 18.4 Å². The minimum Gasteiger partial charge on any atom is -0.315 e. The van der Waals surface area contributed by atoms with Crippen molar-refractivity contribution in [3.63, 3.8) is 0 Å². The van der Waals surface area contributed by atoms with Crippen LogP contribution in [0.2, 0.25) is 0 Å². The van der Waals surface area contributed by atoms with Crippen LogP contribution in [0.4, 0.5) is 5.13 Å². The lowest BCUT2D eigenvalue weighted by molar-refractivity contribution is -0.119. The van der Waals surface area contributed by atoms with Gasteiger partial charge in [0.1, 0.15) is 5.01 Å². The van der Waals surface area contributed by atoms with E-state index in [1.807, 2.05) is 37.6 Å². The standard InChI is InChI=1S/C20H24N6OS/c1-20(2,14-7-5-4-6-8-14)18-24-25-19(28-18)23-17(27)16-11-21-10-15(16)13-9-22-26(3)12-13/h4-9,12,15-16,21H,10-11H2,1-3H3,(H,23,25,27)/t15-,16+/m1/s1. The van der Waals surface area contributed by atoms with Crippen LogP contribution in [-0.2, 0) is 17.3 Å². The number of anilines is 1. The zero-order valence-electron chi connectivity index (χ0n) is 16.2. The maximum atomic E-state index is 12.9. The minimum absolute atomic E-state index is 0.0286. The van der Waals surface area contributed by atoms with Crippen molar-refractivity contribution < 1.29 is 4.79 Å². The van der Waals surface area contributed by atoms with Crippen LogP contribution in [0, 0.1) is 5.92 Å². The molecule has 0 saturated carbocycles. The maximum absolute atomic E-state index is 12.9. The topological polar surface area (TPSA) is 84.7 Å². The van der Waals surface area contributed by atoms with Gasteiger partial charge in [0.2, 0.25) is 11.0 Å². The number of benzene rings is 1. The molecule has 1 aliphatic heterocycles. The molecule has 0 bridgehead atoms. The smallest absolute Gasteiger partial charge is 0.231 e. The molecule has 7 nitrogen and oxygen atoms in total. The molecule has 1 aromatic carbocycles. The Morgan fingerprint density at radius 1 is 1.25 bits per heavy atom. The fourth-order valence-electron chi connectivity index (χ4n) is 3.64. The summed E-state index contributed by atoms with van der Waals surface area (Å²) in [5.74, 6) is -0.0698. The van der Waals surface area contributed by atoms with E-state index in [-0.39, 0.29) is 23.2 Å². The van der Waals surface area contributed by atoms with Crippen LogP contribution in [0.15, 0.2) is 42.7 Å². The summed E-state index contributed by atoms with van der Waals surface area (Å²) in [4.78, 5) is 12.9. The van der Waals surface area contributed by atoms with Crippen molar-refractivity contribution in [3.8, 4) is 0 Å². The lowest BCUT2D eigenvalue weighted by Gasteiger charge is -2.21. The lowest BCUT2D eigenvalue weighted by atomic mass is 9.85. The normalized spacial score (nSPS) is 19.7. The molecular formula is C20H24N6OS. The van der Waals surface area contributed by atoms with E-state index in [2.05, 4.69) is 51.9 Å². The van der Waals surface area contributed by atoms with E-state index in [9.17, 15) is 4.79 Å². The van der Waals surface area contributed by atoms with Crippen molar-refractivity contribution in [1.29, 1.82) is 0 Å². The van der Waals surface area contributed by atoms with E-state index in [4.69, 9.17) is 0 Å². The number of nitrogens with one attached hydrogen (secondary N) is 2. The minimum atomic E-state index is -0.269. The molecule has 0 radical (unpaired) electrons. The van der Waals surface area contributed by atoms with Gasteiger partial charge in [0.25, 0.3) is 0 Å². The first kappa shape index (κ1) is 18.8. The van der Waals surface area contributed by atoms with E-state index < -0.39 is 0 Å². The van der Waals surface area contributed by atoms with E-state index >= 15 is 0 Å². The average Bonchev–Trinajstić information content (AvgIpc) is 3.42. The number of nitrogens with zero attached hydrogens (tertiary/aromatic N) is 4. The summed E-state index contributed by atoms with van der Waals surface area (Å²) in [6, 6.07) is 10.2. The average molecular weight is 397 g/mol. The second-order valence-electron chi connectivity index (χ2n) is 7.71. The highest BCUT2D eigenvalue weighted by molar-refractivity contribution is 7.15. The number of amides is 1. The Balaban J connectivity index is 1.48. The van der Waals surface area contributed by atoms with Crippen LogP contribution in [0.25, 0.3) is 0 Å². The summed E-state index contributed by atoms with van der Waals surface area (Å²) in [5.41, 5.74) is 1.98. The van der Waals surface area contributed by atoms with Crippen molar-refractivity contribution in [3.05, 3.63) is 58.9 Å². The SMILES string of the molecule is Cn1cc([C@H]2CNC[C@@H]2C(=O)Nc2nnc(C(C)(C)c3ccccc3)s2)cn1. The quantitative estimate of drug-likeness (QED) is 0.692. The fraction of sp³-hybridized carbons (Fsp3) is 0.400. The molecule has 2 aromatic heterocycles. The van der Waals surface area contributed by atoms with Gasteiger partial charge in [-0.3, -0.25) is 9.48 Å². The molecule has 1 amide bonds. The third-order valence-corrected chi connectivity index (χ3v) is 6.55. The van der Waals surface area contributed by atoms with Gasteiger partial charge in [0, 0.05) is 37.7 Å². The predicted octanol–water partition coefficient (Wildman–Crippen LogP) is 2.54. The first-order valence-electron chi connectivity index (χ1n) is 9.35. The monoisotopic (exact) mass is 396 g/mol. The fourth-order valence-corrected chi connectivity index (χ4v) is 4.51. The van der Waals surface area contributed by atoms with Crippen LogP contribution in [0.5, 0.6) is 0 Å². The van der Waals surface area contributed by atoms with Crippen LogP contribution in [0.3, 0.4) is 0 Å². The van der Waals surface area contributed by atoms with Crippen molar-refractivity contribution in [2.45, 2.75) is 25.2 Å². The van der Waals surface area contributed by atoms with Gasteiger partial charge in [-0.05, 0) is 25.0 Å². The summed E-state index contributed by atoms with van der Waals surface area (Å²) in [6.45, 7) is 5.65. The highest BCUT2D eigenvalue weighted by Crippen LogP contribution is 2.35. The maximum Gasteiger partial charge on any atom is 0.231 e. The first-order chi connectivity index (χ1) is 13.4. The molecule has 3 aromatic rings. The highest BCUT2D eigenvalue weighted by atomic mass is 32.1. The zero-order valence-corrected chi connectivity index (χ0v) is 17.0. The second-order valence-corrected chi connectivity index (χ2v) is 8.69. The number of carbonyl (C=O) groups is 1. The molecule has 2 N–H and O–H groups in total. The number of hydrogen-bond acceptors (Lipinski definition) is 6. The molecular weight excluding hydrogens is 372 g/mol. The van der Waals surface area contributed by atoms with Crippen LogP contribution >= 0.6 is 11.3 Å². The molecule has 2 atom stereocenters. The second kappa shape index (κ2) is 7.44. The van der Waals surface area contributed by atoms with Gasteiger partial charge in [-0.15, -0.1) is 10.2 Å².